The van der Waals surface area contributed by atoms with Gasteiger partial charge in [0.25, 0.3) is 10.0 Å². The van der Waals surface area contributed by atoms with Gasteiger partial charge in [0.05, 0.1) is 6.33 Å². The summed E-state index contributed by atoms with van der Waals surface area (Å²) in [7, 11) is -2.05. The van der Waals surface area contributed by atoms with E-state index in [-0.39, 0.29) is 16.2 Å². The monoisotopic (exact) mass is 333 g/mol. The molecule has 0 spiro atoms. The Morgan fingerprint density at radius 2 is 2.20 bits per heavy atom. The van der Waals surface area contributed by atoms with Crippen molar-refractivity contribution in [2.24, 2.45) is 7.05 Å². The van der Waals surface area contributed by atoms with Crippen molar-refractivity contribution in [1.29, 1.82) is 0 Å². The Bertz CT molecular complexity index is 678. The van der Waals surface area contributed by atoms with Gasteiger partial charge in [0.2, 0.25) is 5.03 Å². The molecule has 0 aliphatic heterocycles. The smallest absolute Gasteiger partial charge is 0.264 e. The molecule has 0 amide bonds. The highest BCUT2D eigenvalue weighted by molar-refractivity contribution is 7.89. The quantitative estimate of drug-likeness (QED) is 0.845. The first-order chi connectivity index (χ1) is 9.34. The molecule has 2 heterocycles. The summed E-state index contributed by atoms with van der Waals surface area (Å²) < 4.78 is 28.3. The molecule has 2 rings (SSSR count). The second kappa shape index (κ2) is 5.85. The second-order valence-electron chi connectivity index (χ2n) is 4.67. The Hall–Kier alpha value is -0.890. The molecule has 0 atom stereocenters. The lowest BCUT2D eigenvalue weighted by atomic mass is 10.4. The van der Waals surface area contributed by atoms with Crippen LogP contribution in [0.2, 0.25) is 5.15 Å². The third kappa shape index (κ3) is 2.90. The number of thiophene rings is 1. The molecule has 110 valence electrons. The number of rotatable bonds is 5. The van der Waals surface area contributed by atoms with Gasteiger partial charge in [-0.15, -0.1) is 11.3 Å². The van der Waals surface area contributed by atoms with Crippen molar-refractivity contribution in [2.45, 2.75) is 31.5 Å². The predicted molar refractivity (Wildman–Crippen MR) is 80.4 cm³/mol. The van der Waals surface area contributed by atoms with E-state index in [9.17, 15) is 8.42 Å². The van der Waals surface area contributed by atoms with Crippen LogP contribution in [0.5, 0.6) is 0 Å². The minimum Gasteiger partial charge on any atom is -0.324 e. The van der Waals surface area contributed by atoms with Crippen molar-refractivity contribution in [1.82, 2.24) is 13.9 Å². The van der Waals surface area contributed by atoms with Crippen LogP contribution in [0.25, 0.3) is 0 Å². The van der Waals surface area contributed by atoms with Crippen LogP contribution >= 0.6 is 22.9 Å². The molecule has 5 nitrogen and oxygen atoms in total. The molecule has 8 heteroatoms. The summed E-state index contributed by atoms with van der Waals surface area (Å²) in [6.45, 7) is 3.99. The molecular formula is C12H16ClN3O2S2. The van der Waals surface area contributed by atoms with E-state index in [0.717, 1.165) is 4.88 Å². The van der Waals surface area contributed by atoms with Crippen molar-refractivity contribution in [3.05, 3.63) is 33.9 Å². The van der Waals surface area contributed by atoms with Gasteiger partial charge in [-0.25, -0.2) is 13.4 Å². The Kier molecular flexibility index (Phi) is 4.53. The number of sulfonamides is 1. The first-order valence-corrected chi connectivity index (χ1v) is 8.75. The Balaban J connectivity index is 2.40. The average molecular weight is 334 g/mol. The van der Waals surface area contributed by atoms with E-state index in [4.69, 9.17) is 11.6 Å². The molecule has 0 unspecified atom stereocenters. The summed E-state index contributed by atoms with van der Waals surface area (Å²) in [6, 6.07) is 3.63. The fraction of sp³-hybridized carbons (Fsp3) is 0.417. The van der Waals surface area contributed by atoms with Crippen LogP contribution < -0.4 is 0 Å². The van der Waals surface area contributed by atoms with Gasteiger partial charge in [-0.05, 0) is 25.3 Å². The number of imidazole rings is 1. The van der Waals surface area contributed by atoms with Crippen LogP contribution in [0, 0.1) is 0 Å². The Morgan fingerprint density at radius 3 is 2.65 bits per heavy atom. The Morgan fingerprint density at radius 1 is 1.50 bits per heavy atom. The molecule has 0 saturated carbocycles. The highest BCUT2D eigenvalue weighted by Gasteiger charge is 2.32. The van der Waals surface area contributed by atoms with Gasteiger partial charge in [0.15, 0.2) is 0 Å². The summed E-state index contributed by atoms with van der Waals surface area (Å²) in [5.74, 6) is 0. The fourth-order valence-electron chi connectivity index (χ4n) is 1.78. The zero-order valence-corrected chi connectivity index (χ0v) is 13.8. The number of aryl methyl sites for hydroxylation is 1. The molecule has 2 aromatic rings. The number of nitrogens with zero attached hydrogens (tertiary/aromatic N) is 3. The van der Waals surface area contributed by atoms with E-state index in [1.807, 2.05) is 31.4 Å². The highest BCUT2D eigenvalue weighted by atomic mass is 35.5. The lowest BCUT2D eigenvalue weighted by Gasteiger charge is -2.24. The molecule has 2 aromatic heterocycles. The van der Waals surface area contributed by atoms with Gasteiger partial charge in [-0.2, -0.15) is 4.31 Å². The van der Waals surface area contributed by atoms with Crippen LogP contribution in [0.15, 0.2) is 28.9 Å². The molecule has 0 aromatic carbocycles. The summed E-state index contributed by atoms with van der Waals surface area (Å²) in [4.78, 5) is 4.91. The van der Waals surface area contributed by atoms with Crippen molar-refractivity contribution >= 4 is 33.0 Å². The molecule has 0 aliphatic carbocycles. The van der Waals surface area contributed by atoms with E-state index in [2.05, 4.69) is 4.98 Å². The maximum Gasteiger partial charge on any atom is 0.264 e. The van der Waals surface area contributed by atoms with Crippen molar-refractivity contribution in [2.75, 3.05) is 0 Å². The van der Waals surface area contributed by atoms with Crippen LogP contribution in [-0.4, -0.2) is 28.3 Å². The van der Waals surface area contributed by atoms with Crippen molar-refractivity contribution in [3.63, 3.8) is 0 Å². The molecule has 0 radical (unpaired) electrons. The third-order valence-electron chi connectivity index (χ3n) is 2.86. The van der Waals surface area contributed by atoms with E-state index in [0.29, 0.717) is 6.54 Å². The summed E-state index contributed by atoms with van der Waals surface area (Å²) >= 11 is 7.55. The molecule has 0 aliphatic rings. The predicted octanol–water partition coefficient (Wildman–Crippen LogP) is 2.73. The molecule has 0 N–H and O–H groups in total. The van der Waals surface area contributed by atoms with Gasteiger partial charge < -0.3 is 4.57 Å². The lowest BCUT2D eigenvalue weighted by molar-refractivity contribution is 0.349. The van der Waals surface area contributed by atoms with Crippen LogP contribution in [0.3, 0.4) is 0 Å². The van der Waals surface area contributed by atoms with Gasteiger partial charge >= 0.3 is 0 Å². The van der Waals surface area contributed by atoms with E-state index >= 15 is 0 Å². The maximum absolute atomic E-state index is 12.7. The normalized spacial score (nSPS) is 12.5. The van der Waals surface area contributed by atoms with Gasteiger partial charge in [0.1, 0.15) is 5.15 Å². The molecule has 20 heavy (non-hydrogen) atoms. The number of halogens is 1. The molecule has 0 saturated heterocycles. The minimum atomic E-state index is -3.71. The molecule has 0 fully saturated rings. The van der Waals surface area contributed by atoms with Gasteiger partial charge in [-0.3, -0.25) is 0 Å². The van der Waals surface area contributed by atoms with E-state index in [1.165, 1.54) is 26.5 Å². The summed E-state index contributed by atoms with van der Waals surface area (Å²) in [6.07, 6.45) is 1.40. The number of aromatic nitrogens is 2. The van der Waals surface area contributed by atoms with Crippen molar-refractivity contribution < 1.29 is 8.42 Å². The zero-order chi connectivity index (χ0) is 14.9. The fourth-order valence-corrected chi connectivity index (χ4v) is 4.57. The summed E-state index contributed by atoms with van der Waals surface area (Å²) in [5, 5.41) is 1.96. The molecule has 0 bridgehead atoms. The van der Waals surface area contributed by atoms with Crippen LogP contribution in [0.4, 0.5) is 0 Å². The van der Waals surface area contributed by atoms with Crippen LogP contribution in [-0.2, 0) is 23.6 Å². The highest BCUT2D eigenvalue weighted by Crippen LogP contribution is 2.26. The first kappa shape index (κ1) is 15.5. The van der Waals surface area contributed by atoms with Crippen LogP contribution in [0.1, 0.15) is 18.7 Å². The Labute approximate surface area is 127 Å². The summed E-state index contributed by atoms with van der Waals surface area (Å²) in [5.41, 5.74) is 0. The average Bonchev–Trinajstić information content (AvgIpc) is 2.97. The first-order valence-electron chi connectivity index (χ1n) is 6.05. The number of hydrogen-bond donors (Lipinski definition) is 0. The van der Waals surface area contributed by atoms with Gasteiger partial charge in [0, 0.05) is 24.5 Å². The number of hydrogen-bond acceptors (Lipinski definition) is 4. The zero-order valence-electron chi connectivity index (χ0n) is 11.4. The minimum absolute atomic E-state index is 0.0908. The standard InChI is InChI=1S/C12H16ClN3O2S2/c1-9(2)16(7-10-5-4-6-19-10)20(17,18)12-11(13)15(3)8-14-12/h4-6,8-9H,7H2,1-3H3. The lowest BCUT2D eigenvalue weighted by Crippen LogP contribution is -2.36. The maximum atomic E-state index is 12.7. The van der Waals surface area contributed by atoms with Gasteiger partial charge in [-0.1, -0.05) is 17.7 Å². The van der Waals surface area contributed by atoms with E-state index < -0.39 is 10.0 Å². The SMILES string of the molecule is CC(C)N(Cc1cccs1)S(=O)(=O)c1ncn(C)c1Cl. The molecular weight excluding hydrogens is 318 g/mol. The largest absolute Gasteiger partial charge is 0.324 e. The van der Waals surface area contributed by atoms with Crippen molar-refractivity contribution in [3.8, 4) is 0 Å². The van der Waals surface area contributed by atoms with E-state index in [1.54, 1.807) is 7.05 Å². The second-order valence-corrected chi connectivity index (χ2v) is 7.87. The third-order valence-corrected chi connectivity index (χ3v) is 6.23. The topological polar surface area (TPSA) is 55.2 Å².